The van der Waals surface area contributed by atoms with E-state index in [1.165, 1.54) is 12.2 Å². The maximum atomic E-state index is 3.43. The topological polar surface area (TPSA) is 27.3 Å². The molecule has 1 rings (SSSR count). The van der Waals surface area contributed by atoms with Gasteiger partial charge in [0.2, 0.25) is 0 Å². The van der Waals surface area contributed by atoms with Crippen molar-refractivity contribution in [1.29, 1.82) is 0 Å². The predicted octanol–water partition coefficient (Wildman–Crippen LogP) is 0.148. The summed E-state index contributed by atoms with van der Waals surface area (Å²) in [6.45, 7) is 3.48. The molecule has 1 aliphatic rings. The van der Waals surface area contributed by atoms with Crippen LogP contribution in [0, 0.1) is 0 Å². The van der Waals surface area contributed by atoms with Gasteiger partial charge in [0.05, 0.1) is 0 Å². The number of nitrogens with zero attached hydrogens (tertiary/aromatic N) is 1. The lowest BCUT2D eigenvalue weighted by Gasteiger charge is -2.24. The molecule has 0 aromatic carbocycles. The molecule has 0 spiro atoms. The van der Waals surface area contributed by atoms with E-state index in [1.807, 2.05) is 11.8 Å². The number of hydrogen-bond acceptors (Lipinski definition) is 4. The Morgan fingerprint density at radius 2 is 2.00 bits per heavy atom. The van der Waals surface area contributed by atoms with Gasteiger partial charge in [-0.05, 0) is 33.6 Å². The minimum Gasteiger partial charge on any atom is -0.309 e. The second-order valence-corrected chi connectivity index (χ2v) is 4.53. The van der Waals surface area contributed by atoms with Gasteiger partial charge >= 0.3 is 0 Å². The quantitative estimate of drug-likeness (QED) is 0.658. The van der Waals surface area contributed by atoms with Crippen LogP contribution in [-0.2, 0) is 0 Å². The van der Waals surface area contributed by atoms with Gasteiger partial charge < -0.3 is 4.90 Å². The zero-order valence-electron chi connectivity index (χ0n) is 7.97. The van der Waals surface area contributed by atoms with E-state index in [0.717, 1.165) is 19.6 Å². The number of thioether (sulfide) groups is 1. The van der Waals surface area contributed by atoms with Gasteiger partial charge in [-0.15, -0.1) is 11.8 Å². The first kappa shape index (κ1) is 10.3. The van der Waals surface area contributed by atoms with Crippen molar-refractivity contribution < 1.29 is 0 Å². The normalized spacial score (nSPS) is 20.2. The lowest BCUT2D eigenvalue weighted by molar-refractivity contribution is 0.433. The Kier molecular flexibility index (Phi) is 4.99. The van der Waals surface area contributed by atoms with Gasteiger partial charge in [0, 0.05) is 12.3 Å². The minimum atomic E-state index is 0.485. The molecule has 0 unspecified atom stereocenters. The number of hydrogen-bond donors (Lipinski definition) is 2. The molecule has 1 saturated heterocycles. The lowest BCUT2D eigenvalue weighted by atomic mass is 10.4. The maximum absolute atomic E-state index is 3.43. The van der Waals surface area contributed by atoms with Crippen molar-refractivity contribution in [1.82, 2.24) is 15.5 Å². The second kappa shape index (κ2) is 5.80. The highest BCUT2D eigenvalue weighted by molar-refractivity contribution is 7.99. The van der Waals surface area contributed by atoms with E-state index in [2.05, 4.69) is 29.6 Å². The zero-order valence-corrected chi connectivity index (χ0v) is 8.78. The summed E-state index contributed by atoms with van der Waals surface area (Å²) in [5.74, 6) is 1.19. The van der Waals surface area contributed by atoms with Crippen molar-refractivity contribution in [2.24, 2.45) is 0 Å². The standard InChI is InChI=1S/C8H19N3S/c1-11(2)6-7-12-8-9-4-3-5-10-8/h8-10H,3-7H2,1-2H3. The zero-order chi connectivity index (χ0) is 8.81. The van der Waals surface area contributed by atoms with Crippen LogP contribution in [0.1, 0.15) is 6.42 Å². The van der Waals surface area contributed by atoms with Crippen molar-refractivity contribution in [3.63, 3.8) is 0 Å². The maximum Gasteiger partial charge on any atom is 0.105 e. The molecule has 0 amide bonds. The van der Waals surface area contributed by atoms with Crippen molar-refractivity contribution in [2.45, 2.75) is 11.9 Å². The lowest BCUT2D eigenvalue weighted by Crippen LogP contribution is -2.46. The van der Waals surface area contributed by atoms with E-state index in [0.29, 0.717) is 5.50 Å². The van der Waals surface area contributed by atoms with Crippen molar-refractivity contribution in [2.75, 3.05) is 39.5 Å². The monoisotopic (exact) mass is 189 g/mol. The van der Waals surface area contributed by atoms with Crippen molar-refractivity contribution in [3.8, 4) is 0 Å². The molecule has 0 atom stereocenters. The predicted molar refractivity (Wildman–Crippen MR) is 55.4 cm³/mol. The smallest absolute Gasteiger partial charge is 0.105 e. The third kappa shape index (κ3) is 4.30. The van der Waals surface area contributed by atoms with E-state index >= 15 is 0 Å². The SMILES string of the molecule is CN(C)CCSC1NCCCN1. The molecule has 72 valence electrons. The minimum absolute atomic E-state index is 0.485. The van der Waals surface area contributed by atoms with Crippen LogP contribution in [0.2, 0.25) is 0 Å². The van der Waals surface area contributed by atoms with E-state index < -0.39 is 0 Å². The molecule has 0 radical (unpaired) electrons. The van der Waals surface area contributed by atoms with Gasteiger partial charge in [0.15, 0.2) is 0 Å². The van der Waals surface area contributed by atoms with E-state index in [1.54, 1.807) is 0 Å². The Bertz CT molecular complexity index is 113. The Morgan fingerprint density at radius 3 is 2.58 bits per heavy atom. The van der Waals surface area contributed by atoms with Crippen LogP contribution in [0.4, 0.5) is 0 Å². The Balaban J connectivity index is 1.98. The summed E-state index contributed by atoms with van der Waals surface area (Å²) in [6, 6.07) is 0. The molecule has 1 fully saturated rings. The summed E-state index contributed by atoms with van der Waals surface area (Å²) in [5, 5.41) is 6.85. The fourth-order valence-corrected chi connectivity index (χ4v) is 2.28. The summed E-state index contributed by atoms with van der Waals surface area (Å²) in [4.78, 5) is 2.22. The summed E-state index contributed by atoms with van der Waals surface area (Å²) in [6.07, 6.45) is 1.25. The third-order valence-electron chi connectivity index (χ3n) is 1.84. The van der Waals surface area contributed by atoms with Crippen molar-refractivity contribution >= 4 is 11.8 Å². The largest absolute Gasteiger partial charge is 0.309 e. The fraction of sp³-hybridized carbons (Fsp3) is 1.00. The van der Waals surface area contributed by atoms with Crippen LogP contribution in [-0.4, -0.2) is 49.9 Å². The second-order valence-electron chi connectivity index (χ2n) is 3.32. The molecule has 1 heterocycles. The highest BCUT2D eigenvalue weighted by Crippen LogP contribution is 2.07. The number of nitrogens with one attached hydrogen (secondary N) is 2. The number of rotatable bonds is 4. The first-order chi connectivity index (χ1) is 5.79. The van der Waals surface area contributed by atoms with Crippen LogP contribution in [0.25, 0.3) is 0 Å². The molecular formula is C8H19N3S. The summed E-state index contributed by atoms with van der Waals surface area (Å²) < 4.78 is 0. The fourth-order valence-electron chi connectivity index (χ4n) is 1.10. The molecule has 0 aromatic heterocycles. The highest BCUT2D eigenvalue weighted by Gasteiger charge is 2.10. The van der Waals surface area contributed by atoms with Gasteiger partial charge in [0.25, 0.3) is 0 Å². The van der Waals surface area contributed by atoms with Crippen LogP contribution in [0.3, 0.4) is 0 Å². The molecule has 0 aliphatic carbocycles. The van der Waals surface area contributed by atoms with Crippen LogP contribution >= 0.6 is 11.8 Å². The van der Waals surface area contributed by atoms with Crippen LogP contribution in [0.15, 0.2) is 0 Å². The molecule has 0 bridgehead atoms. The Morgan fingerprint density at radius 1 is 1.33 bits per heavy atom. The van der Waals surface area contributed by atoms with Crippen molar-refractivity contribution in [3.05, 3.63) is 0 Å². The summed E-state index contributed by atoms with van der Waals surface area (Å²) in [5.41, 5.74) is 0.485. The first-order valence-corrected chi connectivity index (χ1v) is 5.57. The average molecular weight is 189 g/mol. The van der Waals surface area contributed by atoms with Gasteiger partial charge in [0.1, 0.15) is 5.50 Å². The molecule has 0 aromatic rings. The van der Waals surface area contributed by atoms with E-state index in [-0.39, 0.29) is 0 Å². The van der Waals surface area contributed by atoms with Gasteiger partial charge in [-0.25, -0.2) is 0 Å². The molecule has 12 heavy (non-hydrogen) atoms. The average Bonchev–Trinajstić information content (AvgIpc) is 2.05. The molecular weight excluding hydrogens is 170 g/mol. The molecule has 3 nitrogen and oxygen atoms in total. The third-order valence-corrected chi connectivity index (χ3v) is 2.92. The molecule has 1 aliphatic heterocycles. The van der Waals surface area contributed by atoms with E-state index in [4.69, 9.17) is 0 Å². The summed E-state index contributed by atoms with van der Waals surface area (Å²) in [7, 11) is 4.23. The Hall–Kier alpha value is 0.230. The van der Waals surface area contributed by atoms with Crippen LogP contribution < -0.4 is 10.6 Å². The highest BCUT2D eigenvalue weighted by atomic mass is 32.2. The van der Waals surface area contributed by atoms with Gasteiger partial charge in [-0.3, -0.25) is 10.6 Å². The summed E-state index contributed by atoms with van der Waals surface area (Å²) >= 11 is 1.96. The molecule has 4 heteroatoms. The molecule has 2 N–H and O–H groups in total. The Labute approximate surface area is 79.3 Å². The van der Waals surface area contributed by atoms with Gasteiger partial charge in [-0.2, -0.15) is 0 Å². The van der Waals surface area contributed by atoms with Crippen LogP contribution in [0.5, 0.6) is 0 Å². The first-order valence-electron chi connectivity index (χ1n) is 4.52. The van der Waals surface area contributed by atoms with E-state index in [9.17, 15) is 0 Å². The van der Waals surface area contributed by atoms with Gasteiger partial charge in [-0.1, -0.05) is 0 Å². The molecule has 0 saturated carbocycles.